The van der Waals surface area contributed by atoms with E-state index in [1.54, 1.807) is 18.3 Å². The van der Waals surface area contributed by atoms with Gasteiger partial charge in [0.1, 0.15) is 11.6 Å². The highest BCUT2D eigenvalue weighted by molar-refractivity contribution is 7.99. The van der Waals surface area contributed by atoms with Gasteiger partial charge in [-0.25, -0.2) is 9.37 Å². The maximum absolute atomic E-state index is 13.5. The number of hydrogen-bond acceptors (Lipinski definition) is 3. The molecule has 0 aliphatic rings. The van der Waals surface area contributed by atoms with Gasteiger partial charge in [0.25, 0.3) is 0 Å². The minimum absolute atomic E-state index is 0.192. The SMILES string of the molecule is CCCNc1cc(Sc2ccccc2F)ccn1. The molecule has 18 heavy (non-hydrogen) atoms. The molecule has 1 aromatic carbocycles. The van der Waals surface area contributed by atoms with Gasteiger partial charge in [0.2, 0.25) is 0 Å². The van der Waals surface area contributed by atoms with Gasteiger partial charge < -0.3 is 5.32 Å². The molecule has 1 N–H and O–H groups in total. The van der Waals surface area contributed by atoms with Crippen LogP contribution in [0.4, 0.5) is 10.2 Å². The molecule has 2 rings (SSSR count). The van der Waals surface area contributed by atoms with Gasteiger partial charge in [-0.05, 0) is 30.7 Å². The number of halogens is 1. The molecule has 2 nitrogen and oxygen atoms in total. The van der Waals surface area contributed by atoms with Crippen LogP contribution in [0.2, 0.25) is 0 Å². The van der Waals surface area contributed by atoms with Crippen LogP contribution in [0.5, 0.6) is 0 Å². The Morgan fingerprint density at radius 1 is 1.28 bits per heavy atom. The van der Waals surface area contributed by atoms with Gasteiger partial charge in [-0.1, -0.05) is 30.8 Å². The van der Waals surface area contributed by atoms with Crippen molar-refractivity contribution in [2.45, 2.75) is 23.1 Å². The van der Waals surface area contributed by atoms with Crippen LogP contribution in [0.15, 0.2) is 52.4 Å². The fourth-order valence-corrected chi connectivity index (χ4v) is 2.34. The Kier molecular flexibility index (Phi) is 4.59. The summed E-state index contributed by atoms with van der Waals surface area (Å²) in [6.07, 6.45) is 2.79. The van der Waals surface area contributed by atoms with Crippen LogP contribution in [0.25, 0.3) is 0 Å². The van der Waals surface area contributed by atoms with Crippen molar-refractivity contribution in [3.8, 4) is 0 Å². The van der Waals surface area contributed by atoms with Crippen LogP contribution >= 0.6 is 11.8 Å². The minimum atomic E-state index is -0.192. The summed E-state index contributed by atoms with van der Waals surface area (Å²) in [5.74, 6) is 0.639. The van der Waals surface area contributed by atoms with Crippen molar-refractivity contribution < 1.29 is 4.39 Å². The van der Waals surface area contributed by atoms with Crippen molar-refractivity contribution in [2.24, 2.45) is 0 Å². The lowest BCUT2D eigenvalue weighted by Crippen LogP contribution is -2.01. The number of benzene rings is 1. The first-order valence-corrected chi connectivity index (χ1v) is 6.73. The Morgan fingerprint density at radius 3 is 2.89 bits per heavy atom. The quantitative estimate of drug-likeness (QED) is 0.874. The maximum atomic E-state index is 13.5. The Labute approximate surface area is 111 Å². The van der Waals surface area contributed by atoms with Crippen molar-refractivity contribution in [3.63, 3.8) is 0 Å². The smallest absolute Gasteiger partial charge is 0.137 e. The standard InChI is InChI=1S/C14H15FN2S/c1-2-8-16-14-10-11(7-9-17-14)18-13-6-4-3-5-12(13)15/h3-7,9-10H,2,8H2,1H3,(H,16,17). The zero-order valence-corrected chi connectivity index (χ0v) is 11.0. The molecule has 1 aromatic heterocycles. The molecule has 4 heteroatoms. The molecule has 0 bridgehead atoms. The third-order valence-electron chi connectivity index (χ3n) is 2.35. The van der Waals surface area contributed by atoms with Crippen LogP contribution < -0.4 is 5.32 Å². The number of hydrogen-bond donors (Lipinski definition) is 1. The molecule has 0 fully saturated rings. The second kappa shape index (κ2) is 6.40. The summed E-state index contributed by atoms with van der Waals surface area (Å²) in [5.41, 5.74) is 0. The lowest BCUT2D eigenvalue weighted by molar-refractivity contribution is 0.602. The Hall–Kier alpha value is -1.55. The van der Waals surface area contributed by atoms with E-state index in [4.69, 9.17) is 0 Å². The number of rotatable bonds is 5. The summed E-state index contributed by atoms with van der Waals surface area (Å²) in [6, 6.07) is 10.6. The molecule has 0 saturated carbocycles. The minimum Gasteiger partial charge on any atom is -0.370 e. The molecular formula is C14H15FN2S. The summed E-state index contributed by atoms with van der Waals surface area (Å²) in [5, 5.41) is 3.22. The van der Waals surface area contributed by atoms with E-state index in [9.17, 15) is 4.39 Å². The highest BCUT2D eigenvalue weighted by atomic mass is 32.2. The molecule has 1 heterocycles. The fraction of sp³-hybridized carbons (Fsp3) is 0.214. The molecule has 0 amide bonds. The van der Waals surface area contributed by atoms with E-state index in [1.165, 1.54) is 17.8 Å². The molecule has 0 atom stereocenters. The van der Waals surface area contributed by atoms with Crippen molar-refractivity contribution in [1.29, 1.82) is 0 Å². The molecule has 0 radical (unpaired) electrons. The van der Waals surface area contributed by atoms with Gasteiger partial charge in [-0.2, -0.15) is 0 Å². The van der Waals surface area contributed by atoms with Gasteiger partial charge in [-0.3, -0.25) is 0 Å². The van der Waals surface area contributed by atoms with Crippen molar-refractivity contribution >= 4 is 17.6 Å². The molecule has 2 aromatic rings. The summed E-state index contributed by atoms with van der Waals surface area (Å²) in [4.78, 5) is 5.83. The van der Waals surface area contributed by atoms with E-state index in [-0.39, 0.29) is 5.82 Å². The lowest BCUT2D eigenvalue weighted by Gasteiger charge is -2.06. The van der Waals surface area contributed by atoms with Crippen molar-refractivity contribution in [3.05, 3.63) is 48.4 Å². The molecule has 0 aliphatic carbocycles. The second-order valence-electron chi connectivity index (χ2n) is 3.84. The monoisotopic (exact) mass is 262 g/mol. The van der Waals surface area contributed by atoms with Gasteiger partial charge in [-0.15, -0.1) is 0 Å². The topological polar surface area (TPSA) is 24.9 Å². The van der Waals surface area contributed by atoms with E-state index in [0.717, 1.165) is 23.7 Å². The van der Waals surface area contributed by atoms with Gasteiger partial charge in [0.05, 0.1) is 0 Å². The predicted molar refractivity (Wildman–Crippen MR) is 73.5 cm³/mol. The van der Waals surface area contributed by atoms with Crippen LogP contribution in [-0.4, -0.2) is 11.5 Å². The van der Waals surface area contributed by atoms with E-state index < -0.39 is 0 Å². The Bertz CT molecular complexity index is 517. The van der Waals surface area contributed by atoms with Crippen LogP contribution in [-0.2, 0) is 0 Å². The number of aromatic nitrogens is 1. The van der Waals surface area contributed by atoms with E-state index in [2.05, 4.69) is 17.2 Å². The normalized spacial score (nSPS) is 10.3. The molecule has 0 aliphatic heterocycles. The highest BCUT2D eigenvalue weighted by Gasteiger charge is 2.04. The van der Waals surface area contributed by atoms with E-state index >= 15 is 0 Å². The Balaban J connectivity index is 2.12. The summed E-state index contributed by atoms with van der Waals surface area (Å²) < 4.78 is 13.5. The van der Waals surface area contributed by atoms with Crippen molar-refractivity contribution in [1.82, 2.24) is 4.98 Å². The van der Waals surface area contributed by atoms with E-state index in [1.807, 2.05) is 18.2 Å². The maximum Gasteiger partial charge on any atom is 0.137 e. The average molecular weight is 262 g/mol. The third kappa shape index (κ3) is 3.47. The summed E-state index contributed by atoms with van der Waals surface area (Å²) >= 11 is 1.41. The molecule has 94 valence electrons. The second-order valence-corrected chi connectivity index (χ2v) is 4.95. The third-order valence-corrected chi connectivity index (χ3v) is 3.39. The number of pyridine rings is 1. The predicted octanol–water partition coefficient (Wildman–Crippen LogP) is 4.19. The molecule has 0 spiro atoms. The largest absolute Gasteiger partial charge is 0.370 e. The van der Waals surface area contributed by atoms with Gasteiger partial charge in [0, 0.05) is 22.5 Å². The first-order valence-electron chi connectivity index (χ1n) is 5.92. The molecule has 0 saturated heterocycles. The first-order chi connectivity index (χ1) is 8.79. The fourth-order valence-electron chi connectivity index (χ4n) is 1.48. The van der Waals surface area contributed by atoms with Crippen LogP contribution in [0.1, 0.15) is 13.3 Å². The van der Waals surface area contributed by atoms with Crippen LogP contribution in [0, 0.1) is 5.82 Å². The van der Waals surface area contributed by atoms with E-state index in [0.29, 0.717) is 4.90 Å². The number of nitrogens with zero attached hydrogens (tertiary/aromatic N) is 1. The average Bonchev–Trinajstić information content (AvgIpc) is 2.40. The zero-order valence-electron chi connectivity index (χ0n) is 10.2. The highest BCUT2D eigenvalue weighted by Crippen LogP contribution is 2.30. The van der Waals surface area contributed by atoms with Crippen molar-refractivity contribution in [2.75, 3.05) is 11.9 Å². The van der Waals surface area contributed by atoms with Crippen LogP contribution in [0.3, 0.4) is 0 Å². The summed E-state index contributed by atoms with van der Waals surface area (Å²) in [7, 11) is 0. The number of nitrogens with one attached hydrogen (secondary N) is 1. The Morgan fingerprint density at radius 2 is 2.11 bits per heavy atom. The van der Waals surface area contributed by atoms with Gasteiger partial charge in [0.15, 0.2) is 0 Å². The lowest BCUT2D eigenvalue weighted by atomic mass is 10.3. The summed E-state index contributed by atoms with van der Waals surface area (Å²) in [6.45, 7) is 2.99. The molecule has 0 unspecified atom stereocenters. The van der Waals surface area contributed by atoms with Gasteiger partial charge >= 0.3 is 0 Å². The molecular weight excluding hydrogens is 247 g/mol. The number of anilines is 1. The first kappa shape index (κ1) is 12.9. The zero-order chi connectivity index (χ0) is 12.8.